The molecule has 3 aromatic heterocycles. The van der Waals surface area contributed by atoms with Crippen LogP contribution in [-0.2, 0) is 12.1 Å². The van der Waals surface area contributed by atoms with Crippen LogP contribution in [0.4, 0.5) is 0 Å². The van der Waals surface area contributed by atoms with Crippen molar-refractivity contribution in [2.24, 2.45) is 0 Å². The Hall–Kier alpha value is -3.30. The summed E-state index contributed by atoms with van der Waals surface area (Å²) in [5, 5.41) is 6.88. The second kappa shape index (κ2) is 7.19. The Labute approximate surface area is 171 Å². The van der Waals surface area contributed by atoms with Gasteiger partial charge in [-0.2, -0.15) is 4.98 Å². The lowest BCUT2D eigenvalue weighted by Crippen LogP contribution is -2.42. The number of fused-ring (bicyclic) bond motifs is 1. The molecule has 0 atom stereocenters. The topological polar surface area (TPSA) is 136 Å². The maximum absolute atomic E-state index is 13.3. The third-order valence-electron chi connectivity index (χ3n) is 5.17. The summed E-state index contributed by atoms with van der Waals surface area (Å²) in [5.41, 5.74) is -0.945. The van der Waals surface area contributed by atoms with Crippen LogP contribution in [0.2, 0.25) is 0 Å². The van der Waals surface area contributed by atoms with Crippen LogP contribution in [0.1, 0.15) is 73.7 Å². The van der Waals surface area contributed by atoms with Gasteiger partial charge in [-0.05, 0) is 39.2 Å². The molecule has 0 spiro atoms. The zero-order valence-electron chi connectivity index (χ0n) is 17.4. The van der Waals surface area contributed by atoms with Gasteiger partial charge in [0.15, 0.2) is 11.5 Å². The van der Waals surface area contributed by atoms with Gasteiger partial charge < -0.3 is 9.84 Å². The van der Waals surface area contributed by atoms with Crippen LogP contribution < -0.4 is 16.6 Å². The number of carbonyl (C=O) groups is 1. The van der Waals surface area contributed by atoms with Crippen LogP contribution >= 0.6 is 0 Å². The van der Waals surface area contributed by atoms with Crippen LogP contribution in [0.15, 0.2) is 20.2 Å². The zero-order valence-corrected chi connectivity index (χ0v) is 17.4. The lowest BCUT2D eigenvalue weighted by Gasteiger charge is -2.23. The number of pyridine rings is 1. The number of carbonyl (C=O) groups excluding carboxylic acids is 1. The van der Waals surface area contributed by atoms with Crippen molar-refractivity contribution in [2.45, 2.75) is 65.0 Å². The summed E-state index contributed by atoms with van der Waals surface area (Å²) >= 11 is 0. The molecule has 0 aliphatic heterocycles. The van der Waals surface area contributed by atoms with Crippen LogP contribution in [0.3, 0.4) is 0 Å². The quantitative estimate of drug-likeness (QED) is 0.629. The third kappa shape index (κ3) is 3.53. The SMILES string of the molecule is CCCn1c(=O)[nH]c(=O)c2c(C(=O)NC(C)(C)c3noc(C)n3)cc(C3CC3)nc21. The smallest absolute Gasteiger partial charge is 0.329 e. The number of rotatable bonds is 6. The second-order valence-electron chi connectivity index (χ2n) is 8.19. The molecule has 10 nitrogen and oxygen atoms in total. The van der Waals surface area contributed by atoms with E-state index in [1.807, 2.05) is 6.92 Å². The second-order valence-corrected chi connectivity index (χ2v) is 8.19. The summed E-state index contributed by atoms with van der Waals surface area (Å²) < 4.78 is 6.45. The molecule has 1 saturated carbocycles. The molecule has 30 heavy (non-hydrogen) atoms. The maximum Gasteiger partial charge on any atom is 0.329 e. The van der Waals surface area contributed by atoms with E-state index in [2.05, 4.69) is 25.4 Å². The van der Waals surface area contributed by atoms with E-state index in [0.29, 0.717) is 24.7 Å². The van der Waals surface area contributed by atoms with Crippen LogP contribution in [0, 0.1) is 6.92 Å². The number of hydrogen-bond donors (Lipinski definition) is 2. The molecule has 1 fully saturated rings. The Bertz CT molecular complexity index is 1250. The number of nitrogens with one attached hydrogen (secondary N) is 2. The summed E-state index contributed by atoms with van der Waals surface area (Å²) in [5.74, 6) is 0.478. The largest absolute Gasteiger partial charge is 0.340 e. The number of nitrogens with zero attached hydrogens (tertiary/aromatic N) is 4. The van der Waals surface area contributed by atoms with Crippen molar-refractivity contribution in [2.75, 3.05) is 0 Å². The van der Waals surface area contributed by atoms with Crippen molar-refractivity contribution >= 4 is 16.9 Å². The Morgan fingerprint density at radius 2 is 2.07 bits per heavy atom. The molecule has 3 heterocycles. The van der Waals surface area contributed by atoms with Gasteiger partial charge in [0.05, 0.1) is 16.5 Å². The molecule has 0 radical (unpaired) electrons. The predicted octanol–water partition coefficient (Wildman–Crippen LogP) is 1.73. The summed E-state index contributed by atoms with van der Waals surface area (Å²) in [4.78, 5) is 49.5. The molecule has 0 unspecified atom stereocenters. The number of aromatic nitrogens is 5. The molecule has 4 rings (SSSR count). The van der Waals surface area contributed by atoms with Gasteiger partial charge in [-0.3, -0.25) is 19.1 Å². The molecule has 10 heteroatoms. The summed E-state index contributed by atoms with van der Waals surface area (Å²) in [6.07, 6.45) is 2.62. The molecule has 0 bridgehead atoms. The van der Waals surface area contributed by atoms with E-state index in [9.17, 15) is 14.4 Å². The molecule has 1 amide bonds. The van der Waals surface area contributed by atoms with E-state index in [1.165, 1.54) is 4.57 Å². The first kappa shape index (κ1) is 20.0. The van der Waals surface area contributed by atoms with Gasteiger partial charge in [0.2, 0.25) is 5.89 Å². The molecular weight excluding hydrogens is 388 g/mol. The summed E-state index contributed by atoms with van der Waals surface area (Å²) in [7, 11) is 0. The highest BCUT2D eigenvalue weighted by molar-refractivity contribution is 6.05. The highest BCUT2D eigenvalue weighted by Crippen LogP contribution is 2.40. The van der Waals surface area contributed by atoms with Crippen LogP contribution in [0.5, 0.6) is 0 Å². The van der Waals surface area contributed by atoms with E-state index in [1.54, 1.807) is 26.8 Å². The highest BCUT2D eigenvalue weighted by atomic mass is 16.5. The van der Waals surface area contributed by atoms with Crippen molar-refractivity contribution in [3.63, 3.8) is 0 Å². The van der Waals surface area contributed by atoms with Gasteiger partial charge in [-0.15, -0.1) is 0 Å². The Balaban J connectivity index is 1.87. The Kier molecular flexibility index (Phi) is 4.79. The summed E-state index contributed by atoms with van der Waals surface area (Å²) in [6, 6.07) is 1.66. The lowest BCUT2D eigenvalue weighted by atomic mass is 10.0. The fourth-order valence-electron chi connectivity index (χ4n) is 3.45. The number of H-pyrrole nitrogens is 1. The normalized spacial score (nSPS) is 14.3. The lowest BCUT2D eigenvalue weighted by molar-refractivity contribution is 0.0909. The van der Waals surface area contributed by atoms with Gasteiger partial charge in [0.25, 0.3) is 11.5 Å². The third-order valence-corrected chi connectivity index (χ3v) is 5.17. The number of hydrogen-bond acceptors (Lipinski definition) is 7. The van der Waals surface area contributed by atoms with Gasteiger partial charge in [-0.1, -0.05) is 12.1 Å². The molecule has 1 aliphatic rings. The van der Waals surface area contributed by atoms with E-state index in [0.717, 1.165) is 18.5 Å². The molecule has 2 N–H and O–H groups in total. The van der Waals surface area contributed by atoms with Crippen LogP contribution in [-0.4, -0.2) is 30.6 Å². The zero-order chi connectivity index (χ0) is 21.6. The van der Waals surface area contributed by atoms with Crippen molar-refractivity contribution in [1.82, 2.24) is 30.0 Å². The number of aromatic amines is 1. The average Bonchev–Trinajstić information content (AvgIpc) is 3.44. The monoisotopic (exact) mass is 412 g/mol. The van der Waals surface area contributed by atoms with E-state index < -0.39 is 22.7 Å². The van der Waals surface area contributed by atoms with Gasteiger partial charge in [-0.25, -0.2) is 9.78 Å². The first-order valence-electron chi connectivity index (χ1n) is 10.0. The van der Waals surface area contributed by atoms with Gasteiger partial charge >= 0.3 is 5.69 Å². The molecule has 0 saturated heterocycles. The van der Waals surface area contributed by atoms with Crippen molar-refractivity contribution in [3.05, 3.63) is 49.9 Å². The molecular formula is C20H24N6O4. The molecule has 158 valence electrons. The average molecular weight is 412 g/mol. The Morgan fingerprint density at radius 1 is 1.33 bits per heavy atom. The van der Waals surface area contributed by atoms with E-state index in [4.69, 9.17) is 4.52 Å². The number of amides is 1. The van der Waals surface area contributed by atoms with Crippen LogP contribution in [0.25, 0.3) is 11.0 Å². The fourth-order valence-corrected chi connectivity index (χ4v) is 3.45. The van der Waals surface area contributed by atoms with Gasteiger partial charge in [0, 0.05) is 25.1 Å². The summed E-state index contributed by atoms with van der Waals surface area (Å²) in [6.45, 7) is 7.48. The molecule has 0 aromatic carbocycles. The minimum absolute atomic E-state index is 0.102. The van der Waals surface area contributed by atoms with Gasteiger partial charge in [0.1, 0.15) is 0 Å². The number of aryl methyl sites for hydroxylation is 2. The minimum Gasteiger partial charge on any atom is -0.340 e. The van der Waals surface area contributed by atoms with E-state index in [-0.39, 0.29) is 22.5 Å². The standard InChI is InChI=1S/C20H24N6O4/c1-5-8-26-15-14(17(28)23-19(26)29)12(9-13(22-15)11-6-7-11)16(27)24-20(3,4)18-21-10(2)30-25-18/h9,11H,5-8H2,1-4H3,(H,24,27)(H,23,28,29). The van der Waals surface area contributed by atoms with Crippen molar-refractivity contribution in [3.8, 4) is 0 Å². The fraction of sp³-hybridized carbons (Fsp3) is 0.500. The van der Waals surface area contributed by atoms with Crippen molar-refractivity contribution in [1.29, 1.82) is 0 Å². The van der Waals surface area contributed by atoms with Crippen molar-refractivity contribution < 1.29 is 9.32 Å². The highest BCUT2D eigenvalue weighted by Gasteiger charge is 2.32. The first-order chi connectivity index (χ1) is 14.2. The minimum atomic E-state index is -0.936. The Morgan fingerprint density at radius 3 is 2.67 bits per heavy atom. The first-order valence-corrected chi connectivity index (χ1v) is 10.0. The molecule has 1 aliphatic carbocycles. The van der Waals surface area contributed by atoms with E-state index >= 15 is 0 Å². The molecule has 3 aromatic rings. The maximum atomic E-state index is 13.3. The predicted molar refractivity (Wildman–Crippen MR) is 108 cm³/mol.